The van der Waals surface area contributed by atoms with Crippen molar-refractivity contribution in [3.63, 3.8) is 0 Å². The minimum Gasteiger partial charge on any atom is -0.478 e. The Morgan fingerprint density at radius 2 is 2.11 bits per heavy atom. The van der Waals surface area contributed by atoms with Gasteiger partial charge in [-0.3, -0.25) is 0 Å². The van der Waals surface area contributed by atoms with E-state index in [1.165, 1.54) is 6.07 Å². The van der Waals surface area contributed by atoms with Gasteiger partial charge in [-0.1, -0.05) is 6.07 Å². The maximum atomic E-state index is 11.1. The van der Waals surface area contributed by atoms with Gasteiger partial charge in [-0.05, 0) is 40.7 Å². The molecule has 19 heavy (non-hydrogen) atoms. The van der Waals surface area contributed by atoms with Crippen LogP contribution in [-0.4, -0.2) is 21.9 Å². The van der Waals surface area contributed by atoms with Crippen LogP contribution in [-0.2, 0) is 6.61 Å². The zero-order valence-corrected chi connectivity index (χ0v) is 10.3. The van der Waals surface area contributed by atoms with E-state index in [2.05, 4.69) is 0 Å². The molecule has 0 fully saturated rings. The van der Waals surface area contributed by atoms with Gasteiger partial charge >= 0.3 is 11.7 Å². The van der Waals surface area contributed by atoms with Crippen molar-refractivity contribution in [2.45, 2.75) is 12.4 Å². The lowest BCUT2D eigenvalue weighted by atomic mass is 10.0. The average Bonchev–Trinajstić information content (AvgIpc) is 2.77. The van der Waals surface area contributed by atoms with E-state index < -0.39 is 11.7 Å². The first kappa shape index (κ1) is 12.1. The normalized spacial score (nSPS) is 16.8. The third-order valence-electron chi connectivity index (χ3n) is 2.99. The van der Waals surface area contributed by atoms with Crippen LogP contribution in [0.15, 0.2) is 24.3 Å². The zero-order chi connectivity index (χ0) is 13.6. The Labute approximate surface area is 112 Å². The van der Waals surface area contributed by atoms with E-state index in [9.17, 15) is 9.90 Å². The smallest absolute Gasteiger partial charge is 0.336 e. The summed E-state index contributed by atoms with van der Waals surface area (Å²) in [6.07, 6.45) is 0. The van der Waals surface area contributed by atoms with E-state index >= 15 is 0 Å². The SMILES string of the molecule is O=C(O)c1cc2ccc3c(c2cc1CO)OC(Cl)O3. The number of hydrogen-bond acceptors (Lipinski definition) is 4. The third kappa shape index (κ3) is 1.87. The molecule has 98 valence electrons. The summed E-state index contributed by atoms with van der Waals surface area (Å²) in [7, 11) is 0. The molecule has 3 rings (SSSR count). The molecule has 1 aliphatic rings. The lowest BCUT2D eigenvalue weighted by Crippen LogP contribution is -2.07. The minimum absolute atomic E-state index is 0.0660. The molecule has 1 heterocycles. The summed E-state index contributed by atoms with van der Waals surface area (Å²) in [6, 6.07) is 6.47. The van der Waals surface area contributed by atoms with Crippen molar-refractivity contribution in [2.24, 2.45) is 0 Å². The highest BCUT2D eigenvalue weighted by Gasteiger charge is 2.25. The fourth-order valence-electron chi connectivity index (χ4n) is 2.13. The Morgan fingerprint density at radius 1 is 1.32 bits per heavy atom. The molecular weight excluding hydrogens is 272 g/mol. The summed E-state index contributed by atoms with van der Waals surface area (Å²) < 4.78 is 10.6. The molecule has 0 aromatic heterocycles. The molecule has 2 N–H and O–H groups in total. The number of aliphatic hydroxyl groups is 1. The van der Waals surface area contributed by atoms with E-state index in [4.69, 9.17) is 26.2 Å². The van der Waals surface area contributed by atoms with Crippen LogP contribution in [0.1, 0.15) is 15.9 Å². The molecule has 0 spiro atoms. The van der Waals surface area contributed by atoms with Crippen LogP contribution in [0.2, 0.25) is 0 Å². The number of fused-ring (bicyclic) bond motifs is 3. The first-order chi connectivity index (χ1) is 9.10. The zero-order valence-electron chi connectivity index (χ0n) is 9.59. The molecule has 0 radical (unpaired) electrons. The topological polar surface area (TPSA) is 76.0 Å². The molecular formula is C13H9ClO5. The van der Waals surface area contributed by atoms with E-state index in [1.54, 1.807) is 18.2 Å². The number of aromatic carboxylic acids is 1. The van der Waals surface area contributed by atoms with Crippen molar-refractivity contribution in [1.29, 1.82) is 0 Å². The highest BCUT2D eigenvalue weighted by Crippen LogP contribution is 2.42. The maximum absolute atomic E-state index is 11.1. The molecule has 0 saturated heterocycles. The van der Waals surface area contributed by atoms with Crippen LogP contribution in [0, 0.1) is 0 Å². The Kier molecular flexibility index (Phi) is 2.73. The number of aliphatic hydroxyl groups excluding tert-OH is 1. The number of alkyl halides is 1. The Balaban J connectivity index is 2.29. The quantitative estimate of drug-likeness (QED) is 0.826. The van der Waals surface area contributed by atoms with Crippen molar-refractivity contribution in [2.75, 3.05) is 0 Å². The molecule has 1 atom stereocenters. The van der Waals surface area contributed by atoms with Crippen LogP contribution in [0.25, 0.3) is 10.8 Å². The van der Waals surface area contributed by atoms with Crippen molar-refractivity contribution in [1.82, 2.24) is 0 Å². The van der Waals surface area contributed by atoms with Gasteiger partial charge in [-0.25, -0.2) is 4.79 Å². The first-order valence-corrected chi connectivity index (χ1v) is 5.95. The Morgan fingerprint density at radius 3 is 2.79 bits per heavy atom. The first-order valence-electron chi connectivity index (χ1n) is 5.51. The molecule has 0 amide bonds. The number of halogens is 1. The van der Waals surface area contributed by atoms with Gasteiger partial charge < -0.3 is 19.7 Å². The molecule has 2 aromatic carbocycles. The van der Waals surface area contributed by atoms with Gasteiger partial charge in [-0.2, -0.15) is 0 Å². The van der Waals surface area contributed by atoms with Gasteiger partial charge in [0, 0.05) is 5.39 Å². The predicted octanol–water partition coefficient (Wildman–Crippen LogP) is 2.32. The molecule has 0 bridgehead atoms. The van der Waals surface area contributed by atoms with E-state index in [-0.39, 0.29) is 12.2 Å². The maximum Gasteiger partial charge on any atom is 0.336 e. The van der Waals surface area contributed by atoms with Gasteiger partial charge in [0.2, 0.25) is 0 Å². The summed E-state index contributed by atoms with van der Waals surface area (Å²) in [5, 5.41) is 19.7. The standard InChI is InChI=1S/C13H9ClO5/c14-13-18-10-2-1-6-3-9(12(16)17)7(5-15)4-8(6)11(10)19-13/h1-4,13,15H,5H2,(H,16,17). The Bertz CT molecular complexity index is 682. The third-order valence-corrected chi connectivity index (χ3v) is 3.17. The van der Waals surface area contributed by atoms with E-state index in [1.807, 2.05) is 0 Å². The van der Waals surface area contributed by atoms with Gasteiger partial charge in [0.05, 0.1) is 12.2 Å². The lowest BCUT2D eigenvalue weighted by Gasteiger charge is -2.08. The highest BCUT2D eigenvalue weighted by molar-refractivity contribution is 6.19. The summed E-state index contributed by atoms with van der Waals surface area (Å²) in [4.78, 5) is 11.1. The van der Waals surface area contributed by atoms with E-state index in [0.29, 0.717) is 27.8 Å². The van der Waals surface area contributed by atoms with Crippen LogP contribution in [0.5, 0.6) is 11.5 Å². The monoisotopic (exact) mass is 280 g/mol. The number of benzene rings is 2. The number of ether oxygens (including phenoxy) is 2. The summed E-state index contributed by atoms with van der Waals surface area (Å²) >= 11 is 5.75. The molecule has 1 aliphatic heterocycles. The molecule has 0 aliphatic carbocycles. The van der Waals surface area contributed by atoms with Gasteiger partial charge in [-0.15, -0.1) is 0 Å². The van der Waals surface area contributed by atoms with Crippen molar-refractivity contribution in [3.8, 4) is 11.5 Å². The number of carbonyl (C=O) groups is 1. The van der Waals surface area contributed by atoms with Crippen molar-refractivity contribution >= 4 is 28.3 Å². The van der Waals surface area contributed by atoms with Crippen molar-refractivity contribution < 1.29 is 24.5 Å². The minimum atomic E-state index is -1.08. The summed E-state index contributed by atoms with van der Waals surface area (Å²) in [6.45, 7) is -0.369. The van der Waals surface area contributed by atoms with Crippen LogP contribution >= 0.6 is 11.6 Å². The molecule has 2 aromatic rings. The van der Waals surface area contributed by atoms with Gasteiger partial charge in [0.1, 0.15) is 0 Å². The lowest BCUT2D eigenvalue weighted by molar-refractivity contribution is 0.0693. The van der Waals surface area contributed by atoms with Crippen LogP contribution < -0.4 is 9.47 Å². The molecule has 1 unspecified atom stereocenters. The second kappa shape index (κ2) is 4.29. The van der Waals surface area contributed by atoms with E-state index in [0.717, 1.165) is 0 Å². The molecule has 5 nitrogen and oxygen atoms in total. The number of hydrogen-bond donors (Lipinski definition) is 2. The largest absolute Gasteiger partial charge is 0.478 e. The summed E-state index contributed by atoms with van der Waals surface area (Å²) in [5.74, 6) is -1.01. The number of carboxylic acids is 1. The Hall–Kier alpha value is -1.98. The highest BCUT2D eigenvalue weighted by atomic mass is 35.5. The second-order valence-corrected chi connectivity index (χ2v) is 4.45. The fourth-order valence-corrected chi connectivity index (χ4v) is 2.32. The predicted molar refractivity (Wildman–Crippen MR) is 67.7 cm³/mol. The fraction of sp³-hybridized carbons (Fsp3) is 0.154. The average molecular weight is 281 g/mol. The van der Waals surface area contributed by atoms with Gasteiger partial charge in [0.15, 0.2) is 11.5 Å². The van der Waals surface area contributed by atoms with Crippen LogP contribution in [0.3, 0.4) is 0 Å². The van der Waals surface area contributed by atoms with Crippen LogP contribution in [0.4, 0.5) is 0 Å². The van der Waals surface area contributed by atoms with Gasteiger partial charge in [0.25, 0.3) is 0 Å². The summed E-state index contributed by atoms with van der Waals surface area (Å²) in [5.41, 5.74) is 0.381. The number of rotatable bonds is 2. The molecule has 6 heteroatoms. The van der Waals surface area contributed by atoms with Crippen molar-refractivity contribution in [3.05, 3.63) is 35.4 Å². The number of carboxylic acid groups (broad SMARTS) is 1. The molecule has 0 saturated carbocycles. The second-order valence-electron chi connectivity index (χ2n) is 4.10.